The minimum absolute atomic E-state index is 0.334. The molecule has 1 rings (SSSR count). The van der Waals surface area contributed by atoms with E-state index in [0.717, 1.165) is 16.7 Å². The fraction of sp³-hybridized carbons (Fsp3) is 0.250. The third-order valence-electron chi connectivity index (χ3n) is 0.774. The molecule has 0 amide bonds. The molecule has 0 radical (unpaired) electrons. The van der Waals surface area contributed by atoms with Gasteiger partial charge in [-0.1, -0.05) is 0 Å². The maximum absolute atomic E-state index is 10.3. The molecule has 0 unspecified atom stereocenters. The van der Waals surface area contributed by atoms with Gasteiger partial charge in [-0.05, 0) is 0 Å². The number of nitrogens with two attached hydrogens (primary N) is 1. The summed E-state index contributed by atoms with van der Waals surface area (Å²) in [6.07, 6.45) is 1.31. The van der Waals surface area contributed by atoms with Crippen LogP contribution in [0.4, 0.5) is 0 Å². The largest absolute Gasteiger partial charge is 0.383 e. The topological polar surface area (TPSA) is 83.0 Å². The molecule has 1 aromatic heterocycles. The lowest BCUT2D eigenvalue weighted by atomic mass is 10.9. The highest BCUT2D eigenvalue weighted by Crippen LogP contribution is 2.13. The lowest BCUT2D eigenvalue weighted by Crippen LogP contribution is -2.08. The van der Waals surface area contributed by atoms with Crippen molar-refractivity contribution in [1.82, 2.24) is 14.9 Å². The smallest absolute Gasteiger partial charge is 0.315 e. The third kappa shape index (κ3) is 2.11. The molecule has 0 atom stereocenters. The molecule has 11 heavy (non-hydrogen) atoms. The van der Waals surface area contributed by atoms with Crippen LogP contribution in [0.1, 0.15) is 6.92 Å². The Morgan fingerprint density at radius 1 is 1.91 bits per heavy atom. The number of carbonyl (C=O) groups excluding carboxylic acids is 1. The Kier molecular flexibility index (Phi) is 2.32. The molecule has 0 saturated carbocycles. The molecule has 6 nitrogen and oxygen atoms in total. The molecule has 60 valence electrons. The molecule has 2 N–H and O–H groups in total. The fourth-order valence-electron chi connectivity index (χ4n) is 0.388. The number of nitrogens with zero attached hydrogens (tertiary/aromatic N) is 3. The van der Waals surface area contributed by atoms with Crippen molar-refractivity contribution in [2.75, 3.05) is 5.84 Å². The van der Waals surface area contributed by atoms with Gasteiger partial charge in [-0.3, -0.25) is 4.79 Å². The molecule has 0 spiro atoms. The molecular weight excluding hydrogens is 168 g/mol. The second-order valence-corrected chi connectivity index (χ2v) is 2.38. The van der Waals surface area contributed by atoms with Gasteiger partial charge in [0.05, 0.1) is 0 Å². The molecule has 0 aliphatic rings. The van der Waals surface area contributed by atoms with E-state index in [1.807, 2.05) is 0 Å². The highest BCUT2D eigenvalue weighted by molar-refractivity contribution is 7.94. The highest BCUT2D eigenvalue weighted by atomic mass is 32.2. The molecule has 0 saturated heterocycles. The van der Waals surface area contributed by atoms with Crippen LogP contribution in [0.15, 0.2) is 11.5 Å². The first-order valence-corrected chi connectivity index (χ1v) is 3.44. The van der Waals surface area contributed by atoms with Crippen molar-refractivity contribution < 1.29 is 8.98 Å². The van der Waals surface area contributed by atoms with Gasteiger partial charge < -0.3 is 10.0 Å². The van der Waals surface area contributed by atoms with E-state index in [0.29, 0.717) is 5.16 Å². The summed E-state index contributed by atoms with van der Waals surface area (Å²) in [5.74, 6) is 4.90. The first-order chi connectivity index (χ1) is 5.20. The minimum Gasteiger partial charge on any atom is -0.383 e. The molecule has 7 heteroatoms. The molecule has 0 aliphatic carbocycles. The van der Waals surface area contributed by atoms with Gasteiger partial charge in [0.2, 0.25) is 5.16 Å². The maximum atomic E-state index is 10.3. The van der Waals surface area contributed by atoms with Gasteiger partial charge in [-0.25, -0.2) is 4.68 Å². The second kappa shape index (κ2) is 3.24. The SMILES string of the molecule is CC(=O)OSc1nncn1N. The summed E-state index contributed by atoms with van der Waals surface area (Å²) in [5.41, 5.74) is 0. The molecule has 0 aliphatic heterocycles. The van der Waals surface area contributed by atoms with Crippen LogP contribution >= 0.6 is 12.0 Å². The van der Waals surface area contributed by atoms with E-state index in [2.05, 4.69) is 14.4 Å². The standard InChI is InChI=1S/C4H6N4O2S/c1-3(9)10-11-4-7-6-2-8(4)5/h2H,5H2,1H3. The predicted octanol–water partition coefficient (Wildman–Crippen LogP) is -0.438. The van der Waals surface area contributed by atoms with Gasteiger partial charge in [0.25, 0.3) is 0 Å². The maximum Gasteiger partial charge on any atom is 0.315 e. The van der Waals surface area contributed by atoms with E-state index in [1.165, 1.54) is 13.3 Å². The minimum atomic E-state index is -0.405. The Labute approximate surface area is 66.9 Å². The van der Waals surface area contributed by atoms with Crippen molar-refractivity contribution in [2.45, 2.75) is 12.1 Å². The Bertz CT molecular complexity index is 260. The van der Waals surface area contributed by atoms with Gasteiger partial charge in [0.1, 0.15) is 18.4 Å². The summed E-state index contributed by atoms with van der Waals surface area (Å²) < 4.78 is 5.70. The van der Waals surface area contributed by atoms with Crippen LogP contribution in [0.2, 0.25) is 0 Å². The van der Waals surface area contributed by atoms with Crippen LogP contribution in [0, 0.1) is 0 Å². The van der Waals surface area contributed by atoms with E-state index in [1.54, 1.807) is 0 Å². The summed E-state index contributed by atoms with van der Waals surface area (Å²) in [4.78, 5) is 10.3. The van der Waals surface area contributed by atoms with Gasteiger partial charge >= 0.3 is 5.97 Å². The Morgan fingerprint density at radius 3 is 3.09 bits per heavy atom. The molecule has 0 fully saturated rings. The Balaban J connectivity index is 2.51. The van der Waals surface area contributed by atoms with Crippen molar-refractivity contribution in [1.29, 1.82) is 0 Å². The van der Waals surface area contributed by atoms with Crippen molar-refractivity contribution >= 4 is 18.0 Å². The van der Waals surface area contributed by atoms with Gasteiger partial charge in [-0.2, -0.15) is 0 Å². The van der Waals surface area contributed by atoms with E-state index < -0.39 is 5.97 Å². The zero-order valence-electron chi connectivity index (χ0n) is 5.72. The van der Waals surface area contributed by atoms with E-state index in [9.17, 15) is 4.79 Å². The Hall–Kier alpha value is -1.24. The zero-order valence-corrected chi connectivity index (χ0v) is 6.54. The van der Waals surface area contributed by atoms with Crippen LogP contribution in [0.3, 0.4) is 0 Å². The predicted molar refractivity (Wildman–Crippen MR) is 37.8 cm³/mol. The van der Waals surface area contributed by atoms with Crippen molar-refractivity contribution in [3.8, 4) is 0 Å². The van der Waals surface area contributed by atoms with Crippen LogP contribution in [-0.2, 0) is 8.98 Å². The van der Waals surface area contributed by atoms with Crippen molar-refractivity contribution in [2.24, 2.45) is 0 Å². The first-order valence-electron chi connectivity index (χ1n) is 2.70. The fourth-order valence-corrected chi connectivity index (χ4v) is 0.793. The van der Waals surface area contributed by atoms with Gasteiger partial charge in [-0.15, -0.1) is 10.2 Å². The number of nitrogen functional groups attached to an aromatic ring is 1. The van der Waals surface area contributed by atoms with Gasteiger partial charge in [0, 0.05) is 6.92 Å². The quantitative estimate of drug-likeness (QED) is 0.483. The third-order valence-corrected chi connectivity index (χ3v) is 1.53. The number of hydrogen-bond donors (Lipinski definition) is 1. The second-order valence-electron chi connectivity index (χ2n) is 1.68. The van der Waals surface area contributed by atoms with Crippen LogP contribution in [0.5, 0.6) is 0 Å². The Morgan fingerprint density at radius 2 is 2.64 bits per heavy atom. The molecular formula is C4H6N4O2S. The molecule has 0 aromatic carbocycles. The number of rotatable bonds is 2. The molecule has 1 aromatic rings. The average Bonchev–Trinajstić information content (AvgIpc) is 2.31. The van der Waals surface area contributed by atoms with E-state index in [4.69, 9.17) is 5.84 Å². The van der Waals surface area contributed by atoms with E-state index >= 15 is 0 Å². The van der Waals surface area contributed by atoms with Crippen molar-refractivity contribution in [3.63, 3.8) is 0 Å². The zero-order chi connectivity index (χ0) is 8.27. The summed E-state index contributed by atoms with van der Waals surface area (Å²) in [6, 6.07) is 0. The number of carbonyl (C=O) groups is 1. The molecule has 1 heterocycles. The van der Waals surface area contributed by atoms with Crippen LogP contribution in [0.25, 0.3) is 0 Å². The lowest BCUT2D eigenvalue weighted by Gasteiger charge is -1.96. The van der Waals surface area contributed by atoms with E-state index in [-0.39, 0.29) is 0 Å². The van der Waals surface area contributed by atoms with Gasteiger partial charge in [0.15, 0.2) is 0 Å². The lowest BCUT2D eigenvalue weighted by molar-refractivity contribution is -0.130. The average molecular weight is 174 g/mol. The first kappa shape index (κ1) is 7.86. The summed E-state index contributed by atoms with van der Waals surface area (Å²) in [5, 5.41) is 7.37. The normalized spacial score (nSPS) is 9.55. The van der Waals surface area contributed by atoms with Crippen molar-refractivity contribution in [3.05, 3.63) is 6.33 Å². The summed E-state index contributed by atoms with van der Waals surface area (Å²) in [6.45, 7) is 1.30. The van der Waals surface area contributed by atoms with Crippen LogP contribution < -0.4 is 5.84 Å². The monoisotopic (exact) mass is 174 g/mol. The number of hydrogen-bond acceptors (Lipinski definition) is 6. The summed E-state index contributed by atoms with van der Waals surface area (Å²) in [7, 11) is 0. The number of aromatic nitrogens is 3. The summed E-state index contributed by atoms with van der Waals surface area (Å²) >= 11 is 0.777. The molecule has 0 bridgehead atoms. The highest BCUT2D eigenvalue weighted by Gasteiger charge is 2.04. The van der Waals surface area contributed by atoms with Crippen LogP contribution in [-0.4, -0.2) is 20.8 Å².